The molecule has 1 atom stereocenters. The smallest absolute Gasteiger partial charge is 0.239 e. The summed E-state index contributed by atoms with van der Waals surface area (Å²) in [6.45, 7) is 3.82. The van der Waals surface area contributed by atoms with Crippen LogP contribution in [-0.4, -0.2) is 42.5 Å². The molecule has 2 saturated heterocycles. The third-order valence-electron chi connectivity index (χ3n) is 3.53. The van der Waals surface area contributed by atoms with E-state index in [-0.39, 0.29) is 11.4 Å². The minimum atomic E-state index is -0.380. The minimum absolute atomic E-state index is 0.147. The molecular formula is C10H19N3O. The maximum Gasteiger partial charge on any atom is 0.239 e. The number of hydrogen-bond donors (Lipinski definition) is 2. The highest BCUT2D eigenvalue weighted by Crippen LogP contribution is 2.27. The van der Waals surface area contributed by atoms with Gasteiger partial charge in [0.15, 0.2) is 0 Å². The highest BCUT2D eigenvalue weighted by molar-refractivity contribution is 5.85. The average Bonchev–Trinajstić information content (AvgIpc) is 2.72. The van der Waals surface area contributed by atoms with Gasteiger partial charge in [-0.1, -0.05) is 0 Å². The molecule has 3 N–H and O–H groups in total. The van der Waals surface area contributed by atoms with Gasteiger partial charge in [0, 0.05) is 6.54 Å². The fraction of sp³-hybridized carbons (Fsp3) is 0.900. The van der Waals surface area contributed by atoms with Crippen LogP contribution in [0.2, 0.25) is 0 Å². The Morgan fingerprint density at radius 3 is 2.50 bits per heavy atom. The second-order valence-electron chi connectivity index (χ2n) is 4.37. The summed E-state index contributed by atoms with van der Waals surface area (Å²) in [4.78, 5) is 13.9. The minimum Gasteiger partial charge on any atom is -0.368 e. The predicted molar refractivity (Wildman–Crippen MR) is 54.8 cm³/mol. The summed E-state index contributed by atoms with van der Waals surface area (Å²) in [6.07, 6.45) is 4.39. The maximum absolute atomic E-state index is 11.6. The summed E-state index contributed by atoms with van der Waals surface area (Å²) in [5, 5.41) is 3.29. The van der Waals surface area contributed by atoms with Gasteiger partial charge in [0.25, 0.3) is 0 Å². The fourth-order valence-corrected chi connectivity index (χ4v) is 2.67. The summed E-state index contributed by atoms with van der Waals surface area (Å²) >= 11 is 0. The quantitative estimate of drug-likeness (QED) is 0.638. The van der Waals surface area contributed by atoms with E-state index in [1.165, 1.54) is 12.8 Å². The lowest BCUT2D eigenvalue weighted by Gasteiger charge is -2.42. The fourth-order valence-electron chi connectivity index (χ4n) is 2.67. The average molecular weight is 197 g/mol. The van der Waals surface area contributed by atoms with E-state index in [4.69, 9.17) is 5.73 Å². The van der Waals surface area contributed by atoms with Crippen molar-refractivity contribution < 1.29 is 4.79 Å². The van der Waals surface area contributed by atoms with Gasteiger partial charge in [0.05, 0.1) is 0 Å². The number of primary amides is 1. The number of rotatable bonds is 2. The zero-order chi connectivity index (χ0) is 10.0. The molecule has 0 aromatic carbocycles. The molecule has 0 spiro atoms. The summed E-state index contributed by atoms with van der Waals surface area (Å²) in [5.41, 5.74) is 5.18. The molecule has 2 rings (SSSR count). The van der Waals surface area contributed by atoms with E-state index in [0.29, 0.717) is 0 Å². The van der Waals surface area contributed by atoms with Crippen molar-refractivity contribution in [2.45, 2.75) is 31.2 Å². The van der Waals surface area contributed by atoms with Gasteiger partial charge in [-0.3, -0.25) is 9.69 Å². The third-order valence-corrected chi connectivity index (χ3v) is 3.53. The molecule has 2 aliphatic heterocycles. The molecular weight excluding hydrogens is 178 g/mol. The zero-order valence-electron chi connectivity index (χ0n) is 8.59. The van der Waals surface area contributed by atoms with E-state index < -0.39 is 0 Å². The number of hydrogen-bond acceptors (Lipinski definition) is 3. The van der Waals surface area contributed by atoms with Crippen molar-refractivity contribution in [3.63, 3.8) is 0 Å². The van der Waals surface area contributed by atoms with E-state index in [2.05, 4.69) is 10.2 Å². The van der Waals surface area contributed by atoms with Gasteiger partial charge in [-0.25, -0.2) is 0 Å². The van der Waals surface area contributed by atoms with Crippen LogP contribution in [0.25, 0.3) is 0 Å². The van der Waals surface area contributed by atoms with E-state index in [0.717, 1.165) is 39.0 Å². The van der Waals surface area contributed by atoms with Crippen molar-refractivity contribution in [2.24, 2.45) is 5.73 Å². The molecule has 14 heavy (non-hydrogen) atoms. The van der Waals surface area contributed by atoms with E-state index in [1.807, 2.05) is 0 Å². The number of likely N-dealkylation sites (tertiary alicyclic amines) is 1. The lowest BCUT2D eigenvalue weighted by atomic mass is 9.87. The van der Waals surface area contributed by atoms with Crippen LogP contribution in [0.5, 0.6) is 0 Å². The summed E-state index contributed by atoms with van der Waals surface area (Å²) in [6, 6.07) is 0. The molecule has 1 amide bonds. The van der Waals surface area contributed by atoms with Gasteiger partial charge >= 0.3 is 0 Å². The van der Waals surface area contributed by atoms with Crippen LogP contribution in [0.3, 0.4) is 0 Å². The van der Waals surface area contributed by atoms with Crippen LogP contribution in [0.4, 0.5) is 0 Å². The lowest BCUT2D eigenvalue weighted by Crippen LogP contribution is -2.64. The molecule has 2 heterocycles. The van der Waals surface area contributed by atoms with Gasteiger partial charge in [-0.15, -0.1) is 0 Å². The SMILES string of the molecule is NC(=O)C1(N2CCCC2)CCCNC1. The van der Waals surface area contributed by atoms with Gasteiger partial charge < -0.3 is 11.1 Å². The molecule has 4 nitrogen and oxygen atoms in total. The van der Waals surface area contributed by atoms with Crippen molar-refractivity contribution in [3.8, 4) is 0 Å². The van der Waals surface area contributed by atoms with Gasteiger partial charge in [0.1, 0.15) is 5.54 Å². The van der Waals surface area contributed by atoms with Crippen molar-refractivity contribution in [1.29, 1.82) is 0 Å². The topological polar surface area (TPSA) is 58.4 Å². The first-order valence-electron chi connectivity index (χ1n) is 5.51. The van der Waals surface area contributed by atoms with Crippen molar-refractivity contribution in [1.82, 2.24) is 10.2 Å². The number of amides is 1. The third kappa shape index (κ3) is 1.53. The Balaban J connectivity index is 2.15. The molecule has 0 saturated carbocycles. The predicted octanol–water partition coefficient (Wildman–Crippen LogP) is -0.310. The van der Waals surface area contributed by atoms with Crippen LogP contribution >= 0.6 is 0 Å². The van der Waals surface area contributed by atoms with Crippen LogP contribution < -0.4 is 11.1 Å². The van der Waals surface area contributed by atoms with Crippen LogP contribution in [0, 0.1) is 0 Å². The Morgan fingerprint density at radius 2 is 2.00 bits per heavy atom. The summed E-state index contributed by atoms with van der Waals surface area (Å²) in [7, 11) is 0. The molecule has 1 unspecified atom stereocenters. The number of nitrogens with zero attached hydrogens (tertiary/aromatic N) is 1. The highest BCUT2D eigenvalue weighted by Gasteiger charge is 2.44. The zero-order valence-corrected chi connectivity index (χ0v) is 8.59. The summed E-state index contributed by atoms with van der Waals surface area (Å²) in [5.74, 6) is -0.147. The standard InChI is InChI=1S/C10H19N3O/c11-9(14)10(4-3-5-12-8-10)13-6-1-2-7-13/h12H,1-8H2,(H2,11,14). The van der Waals surface area contributed by atoms with Gasteiger partial charge in [-0.05, 0) is 45.3 Å². The van der Waals surface area contributed by atoms with Gasteiger partial charge in [0.2, 0.25) is 5.91 Å². The van der Waals surface area contributed by atoms with Crippen LogP contribution in [0.15, 0.2) is 0 Å². The first kappa shape index (κ1) is 9.93. The Bertz CT molecular complexity index is 217. The molecule has 2 aliphatic rings. The number of carbonyl (C=O) groups excluding carboxylic acids is 1. The van der Waals surface area contributed by atoms with E-state index in [1.54, 1.807) is 0 Å². The highest BCUT2D eigenvalue weighted by atomic mass is 16.1. The first-order chi connectivity index (χ1) is 6.76. The molecule has 80 valence electrons. The van der Waals surface area contributed by atoms with Crippen molar-refractivity contribution >= 4 is 5.91 Å². The normalized spacial score (nSPS) is 34.6. The number of nitrogens with one attached hydrogen (secondary N) is 1. The molecule has 0 aliphatic carbocycles. The van der Waals surface area contributed by atoms with Crippen LogP contribution in [-0.2, 0) is 4.79 Å². The number of carbonyl (C=O) groups is 1. The Morgan fingerprint density at radius 1 is 1.29 bits per heavy atom. The van der Waals surface area contributed by atoms with Crippen LogP contribution in [0.1, 0.15) is 25.7 Å². The second-order valence-corrected chi connectivity index (χ2v) is 4.37. The Hall–Kier alpha value is -0.610. The van der Waals surface area contributed by atoms with Crippen molar-refractivity contribution in [3.05, 3.63) is 0 Å². The van der Waals surface area contributed by atoms with Gasteiger partial charge in [-0.2, -0.15) is 0 Å². The molecule has 0 radical (unpaired) electrons. The molecule has 4 heteroatoms. The second kappa shape index (κ2) is 3.87. The maximum atomic E-state index is 11.6. The largest absolute Gasteiger partial charge is 0.368 e. The number of nitrogens with two attached hydrogens (primary N) is 1. The monoisotopic (exact) mass is 197 g/mol. The lowest BCUT2D eigenvalue weighted by molar-refractivity contribution is -0.130. The molecule has 0 aromatic rings. The molecule has 0 aromatic heterocycles. The first-order valence-corrected chi connectivity index (χ1v) is 5.51. The van der Waals surface area contributed by atoms with E-state index in [9.17, 15) is 4.79 Å². The van der Waals surface area contributed by atoms with Crippen molar-refractivity contribution in [2.75, 3.05) is 26.2 Å². The summed E-state index contributed by atoms with van der Waals surface area (Å²) < 4.78 is 0. The number of piperidine rings is 1. The Kier molecular flexibility index (Phi) is 2.74. The molecule has 2 fully saturated rings. The van der Waals surface area contributed by atoms with E-state index >= 15 is 0 Å². The Labute approximate surface area is 84.8 Å². The molecule has 0 bridgehead atoms.